The predicted molar refractivity (Wildman–Crippen MR) is 71.6 cm³/mol. The number of benzene rings is 1. The second-order valence-corrected chi connectivity index (χ2v) is 4.51. The second-order valence-electron chi connectivity index (χ2n) is 4.51. The van der Waals surface area contributed by atoms with Crippen molar-refractivity contribution >= 4 is 17.4 Å². The first-order valence-electron chi connectivity index (χ1n) is 5.88. The van der Waals surface area contributed by atoms with E-state index in [4.69, 9.17) is 10.9 Å². The number of hydrogen-bond donors (Lipinski definition) is 2. The SMILES string of the molecule is CCC(C)(C(=O)N(C)c1ccc(F)cc1)/C(N)=N/O. The van der Waals surface area contributed by atoms with E-state index in [2.05, 4.69) is 5.16 Å². The quantitative estimate of drug-likeness (QED) is 0.379. The molecule has 0 aliphatic rings. The fraction of sp³-hybridized carbons (Fsp3) is 0.385. The zero-order valence-electron chi connectivity index (χ0n) is 11.2. The Labute approximate surface area is 111 Å². The summed E-state index contributed by atoms with van der Waals surface area (Å²) in [7, 11) is 1.56. The fourth-order valence-corrected chi connectivity index (χ4v) is 1.70. The van der Waals surface area contributed by atoms with Crippen molar-refractivity contribution in [3.05, 3.63) is 30.1 Å². The summed E-state index contributed by atoms with van der Waals surface area (Å²) in [4.78, 5) is 13.8. The summed E-state index contributed by atoms with van der Waals surface area (Å²) in [5, 5.41) is 11.7. The molecule has 0 spiro atoms. The van der Waals surface area contributed by atoms with E-state index < -0.39 is 5.41 Å². The minimum Gasteiger partial charge on any atom is -0.409 e. The number of oxime groups is 1. The number of anilines is 1. The summed E-state index contributed by atoms with van der Waals surface area (Å²) in [6, 6.07) is 5.53. The zero-order chi connectivity index (χ0) is 14.6. The highest BCUT2D eigenvalue weighted by Gasteiger charge is 2.38. The summed E-state index contributed by atoms with van der Waals surface area (Å²) in [5.41, 5.74) is 5.03. The number of hydrogen-bond acceptors (Lipinski definition) is 3. The normalized spacial score (nSPS) is 14.8. The van der Waals surface area contributed by atoms with E-state index in [1.54, 1.807) is 20.9 Å². The van der Waals surface area contributed by atoms with Crippen molar-refractivity contribution in [3.63, 3.8) is 0 Å². The van der Waals surface area contributed by atoms with Gasteiger partial charge in [0.15, 0.2) is 5.84 Å². The lowest BCUT2D eigenvalue weighted by Gasteiger charge is -2.30. The second kappa shape index (κ2) is 5.69. The largest absolute Gasteiger partial charge is 0.409 e. The van der Waals surface area contributed by atoms with Gasteiger partial charge in [-0.15, -0.1) is 0 Å². The van der Waals surface area contributed by atoms with E-state index in [9.17, 15) is 9.18 Å². The molecule has 0 aliphatic heterocycles. The number of rotatable bonds is 4. The molecule has 1 aromatic rings. The van der Waals surface area contributed by atoms with Crippen molar-refractivity contribution in [1.29, 1.82) is 0 Å². The van der Waals surface area contributed by atoms with Crippen LogP contribution in [0.5, 0.6) is 0 Å². The standard InChI is InChI=1S/C13H18FN3O2/c1-4-13(2,11(15)16-19)12(18)17(3)10-7-5-9(14)6-8-10/h5-8,19H,4H2,1-3H3,(H2,15,16). The Hall–Kier alpha value is -2.11. The van der Waals surface area contributed by atoms with Crippen LogP contribution in [0.15, 0.2) is 29.4 Å². The molecule has 5 nitrogen and oxygen atoms in total. The third-order valence-electron chi connectivity index (χ3n) is 3.37. The maximum Gasteiger partial charge on any atom is 0.240 e. The van der Waals surface area contributed by atoms with Crippen LogP contribution in [0.25, 0.3) is 0 Å². The summed E-state index contributed by atoms with van der Waals surface area (Å²) in [6.45, 7) is 3.37. The van der Waals surface area contributed by atoms with Crippen molar-refractivity contribution in [2.75, 3.05) is 11.9 Å². The highest BCUT2D eigenvalue weighted by molar-refractivity contribution is 6.12. The van der Waals surface area contributed by atoms with Gasteiger partial charge in [0.25, 0.3) is 0 Å². The van der Waals surface area contributed by atoms with E-state index in [1.165, 1.54) is 29.2 Å². The number of nitrogens with two attached hydrogens (primary N) is 1. The first-order chi connectivity index (χ1) is 8.86. The van der Waals surface area contributed by atoms with Crippen LogP contribution >= 0.6 is 0 Å². The number of amidine groups is 1. The van der Waals surface area contributed by atoms with Crippen LogP contribution in [0.4, 0.5) is 10.1 Å². The topological polar surface area (TPSA) is 78.9 Å². The smallest absolute Gasteiger partial charge is 0.240 e. The molecule has 1 unspecified atom stereocenters. The van der Waals surface area contributed by atoms with E-state index >= 15 is 0 Å². The lowest BCUT2D eigenvalue weighted by atomic mass is 9.84. The molecule has 0 radical (unpaired) electrons. The van der Waals surface area contributed by atoms with Crippen LogP contribution in [-0.4, -0.2) is 24.0 Å². The van der Waals surface area contributed by atoms with Crippen LogP contribution in [0.1, 0.15) is 20.3 Å². The Morgan fingerprint density at radius 1 is 1.47 bits per heavy atom. The molecule has 6 heteroatoms. The van der Waals surface area contributed by atoms with E-state index in [0.29, 0.717) is 12.1 Å². The minimum absolute atomic E-state index is 0.144. The Morgan fingerprint density at radius 2 is 2.00 bits per heavy atom. The summed E-state index contributed by atoms with van der Waals surface area (Å²) in [5.74, 6) is -0.842. The van der Waals surface area contributed by atoms with Crippen molar-refractivity contribution in [2.45, 2.75) is 20.3 Å². The van der Waals surface area contributed by atoms with Gasteiger partial charge in [-0.05, 0) is 37.6 Å². The van der Waals surface area contributed by atoms with E-state index in [1.807, 2.05) is 0 Å². The van der Waals surface area contributed by atoms with Gasteiger partial charge in [-0.2, -0.15) is 0 Å². The fourth-order valence-electron chi connectivity index (χ4n) is 1.70. The first kappa shape index (κ1) is 14.9. The maximum atomic E-state index is 12.9. The first-order valence-corrected chi connectivity index (χ1v) is 5.88. The van der Waals surface area contributed by atoms with Gasteiger partial charge in [-0.1, -0.05) is 12.1 Å². The van der Waals surface area contributed by atoms with E-state index in [0.717, 1.165) is 0 Å². The molecular weight excluding hydrogens is 249 g/mol. The lowest BCUT2D eigenvalue weighted by molar-refractivity contribution is -0.124. The van der Waals surface area contributed by atoms with Gasteiger partial charge in [0, 0.05) is 12.7 Å². The Kier molecular flexibility index (Phi) is 4.47. The number of halogens is 1. The summed E-state index contributed by atoms with van der Waals surface area (Å²) in [6.07, 6.45) is 0.382. The number of carbonyl (C=O) groups is 1. The molecular formula is C13H18FN3O2. The average molecular weight is 267 g/mol. The molecule has 0 aliphatic carbocycles. The van der Waals surface area contributed by atoms with Crippen LogP contribution in [0.2, 0.25) is 0 Å². The molecule has 0 saturated heterocycles. The molecule has 0 bridgehead atoms. The molecule has 0 saturated carbocycles. The lowest BCUT2D eigenvalue weighted by Crippen LogP contribution is -2.48. The average Bonchev–Trinajstić information content (AvgIpc) is 2.44. The molecule has 0 aromatic heterocycles. The summed E-state index contributed by atoms with van der Waals surface area (Å²) < 4.78 is 12.9. The third kappa shape index (κ3) is 2.83. The number of nitrogens with zero attached hydrogens (tertiary/aromatic N) is 2. The van der Waals surface area contributed by atoms with Gasteiger partial charge in [0.2, 0.25) is 5.91 Å². The molecule has 104 valence electrons. The van der Waals surface area contributed by atoms with Gasteiger partial charge in [0.1, 0.15) is 11.2 Å². The molecule has 1 rings (SSSR count). The van der Waals surface area contributed by atoms with Gasteiger partial charge >= 0.3 is 0 Å². The number of carbonyl (C=O) groups excluding carboxylic acids is 1. The highest BCUT2D eigenvalue weighted by atomic mass is 19.1. The molecule has 19 heavy (non-hydrogen) atoms. The van der Waals surface area contributed by atoms with Crippen molar-refractivity contribution in [2.24, 2.45) is 16.3 Å². The van der Waals surface area contributed by atoms with Gasteiger partial charge in [0.05, 0.1) is 0 Å². The number of amides is 1. The van der Waals surface area contributed by atoms with E-state index in [-0.39, 0.29) is 17.6 Å². The zero-order valence-corrected chi connectivity index (χ0v) is 11.2. The molecule has 1 aromatic carbocycles. The van der Waals surface area contributed by atoms with Crippen LogP contribution in [0.3, 0.4) is 0 Å². The predicted octanol–water partition coefficient (Wildman–Crippen LogP) is 1.95. The summed E-state index contributed by atoms with van der Waals surface area (Å²) >= 11 is 0. The van der Waals surface area contributed by atoms with Crippen molar-refractivity contribution in [1.82, 2.24) is 0 Å². The van der Waals surface area contributed by atoms with Crippen LogP contribution < -0.4 is 10.6 Å². The highest BCUT2D eigenvalue weighted by Crippen LogP contribution is 2.27. The Morgan fingerprint density at radius 3 is 2.42 bits per heavy atom. The Bertz CT molecular complexity index is 487. The van der Waals surface area contributed by atoms with Gasteiger partial charge < -0.3 is 15.8 Å². The van der Waals surface area contributed by atoms with Crippen molar-refractivity contribution < 1.29 is 14.4 Å². The Balaban J connectivity index is 3.08. The molecule has 0 heterocycles. The minimum atomic E-state index is -1.10. The third-order valence-corrected chi connectivity index (χ3v) is 3.37. The van der Waals surface area contributed by atoms with Gasteiger partial charge in [-0.25, -0.2) is 4.39 Å². The molecule has 0 fully saturated rings. The van der Waals surface area contributed by atoms with Crippen LogP contribution in [0, 0.1) is 11.2 Å². The monoisotopic (exact) mass is 267 g/mol. The maximum absolute atomic E-state index is 12.9. The van der Waals surface area contributed by atoms with Crippen molar-refractivity contribution in [3.8, 4) is 0 Å². The molecule has 3 N–H and O–H groups in total. The molecule has 1 amide bonds. The van der Waals surface area contributed by atoms with Gasteiger partial charge in [-0.3, -0.25) is 4.79 Å². The van der Waals surface area contributed by atoms with Crippen LogP contribution in [-0.2, 0) is 4.79 Å². The molecule has 1 atom stereocenters.